The maximum absolute atomic E-state index is 10.3. The third-order valence-electron chi connectivity index (χ3n) is 3.15. The van der Waals surface area contributed by atoms with Crippen LogP contribution in [-0.4, -0.2) is 22.3 Å². The first kappa shape index (κ1) is 19.7. The van der Waals surface area contributed by atoms with Crippen molar-refractivity contribution < 1.29 is 15.0 Å². The molecular formula is C18H30O3. The molecule has 120 valence electrons. The second-order valence-electron chi connectivity index (χ2n) is 5.20. The van der Waals surface area contributed by atoms with Crippen molar-refractivity contribution in [1.29, 1.82) is 0 Å². The van der Waals surface area contributed by atoms with E-state index in [1.165, 1.54) is 0 Å². The van der Waals surface area contributed by atoms with Gasteiger partial charge >= 0.3 is 5.97 Å². The summed E-state index contributed by atoms with van der Waals surface area (Å²) in [6.45, 7) is 2.11. The molecule has 0 aromatic rings. The number of carboxylic acid groups (broad SMARTS) is 1. The van der Waals surface area contributed by atoms with E-state index >= 15 is 0 Å². The van der Waals surface area contributed by atoms with Gasteiger partial charge in [0.15, 0.2) is 0 Å². The van der Waals surface area contributed by atoms with Crippen molar-refractivity contribution in [2.75, 3.05) is 0 Å². The lowest BCUT2D eigenvalue weighted by atomic mass is 10.1. The number of allylic oxidation sites excluding steroid dienone is 5. The second kappa shape index (κ2) is 15.0. The van der Waals surface area contributed by atoms with E-state index in [9.17, 15) is 9.90 Å². The van der Waals surface area contributed by atoms with Crippen LogP contribution in [0.3, 0.4) is 0 Å². The lowest BCUT2D eigenvalue weighted by molar-refractivity contribution is -0.137. The molecule has 0 radical (unpaired) electrons. The van der Waals surface area contributed by atoms with Gasteiger partial charge in [0.25, 0.3) is 0 Å². The predicted molar refractivity (Wildman–Crippen MR) is 88.3 cm³/mol. The molecule has 0 aliphatic heterocycles. The van der Waals surface area contributed by atoms with Crippen molar-refractivity contribution in [2.45, 2.75) is 70.8 Å². The number of aliphatic hydroxyl groups is 1. The van der Waals surface area contributed by atoms with Crippen molar-refractivity contribution in [3.8, 4) is 0 Å². The molecule has 0 rings (SSSR count). The minimum atomic E-state index is -0.714. The first-order valence-corrected chi connectivity index (χ1v) is 8.05. The fourth-order valence-electron chi connectivity index (χ4n) is 1.95. The summed E-state index contributed by atoms with van der Waals surface area (Å²) in [6.07, 6.45) is 19.5. The van der Waals surface area contributed by atoms with E-state index in [1.807, 2.05) is 18.2 Å². The molecule has 0 aliphatic rings. The van der Waals surface area contributed by atoms with Gasteiger partial charge in [0.05, 0.1) is 6.10 Å². The lowest BCUT2D eigenvalue weighted by Gasteiger charge is -2.04. The zero-order valence-corrected chi connectivity index (χ0v) is 13.2. The van der Waals surface area contributed by atoms with Gasteiger partial charge in [-0.3, -0.25) is 4.79 Å². The van der Waals surface area contributed by atoms with E-state index in [1.54, 1.807) is 0 Å². The first-order valence-electron chi connectivity index (χ1n) is 8.05. The number of carboxylic acids is 1. The van der Waals surface area contributed by atoms with Crippen LogP contribution in [0.15, 0.2) is 36.5 Å². The molecule has 0 saturated heterocycles. The summed E-state index contributed by atoms with van der Waals surface area (Å²) in [5, 5.41) is 18.3. The van der Waals surface area contributed by atoms with Gasteiger partial charge in [0.1, 0.15) is 0 Å². The molecule has 0 aromatic heterocycles. The number of carbonyl (C=O) groups is 1. The van der Waals surface area contributed by atoms with Crippen LogP contribution in [-0.2, 0) is 4.79 Å². The highest BCUT2D eigenvalue weighted by molar-refractivity contribution is 5.66. The molecule has 1 atom stereocenters. The van der Waals surface area contributed by atoms with Crippen LogP contribution in [0.4, 0.5) is 0 Å². The largest absolute Gasteiger partial charge is 0.481 e. The van der Waals surface area contributed by atoms with Gasteiger partial charge in [-0.25, -0.2) is 0 Å². The summed E-state index contributed by atoms with van der Waals surface area (Å²) >= 11 is 0. The van der Waals surface area contributed by atoms with Crippen molar-refractivity contribution in [2.24, 2.45) is 0 Å². The summed E-state index contributed by atoms with van der Waals surface area (Å²) in [7, 11) is 0. The molecule has 21 heavy (non-hydrogen) atoms. The average molecular weight is 294 g/mol. The standard InChI is InChI=1S/C18H30O3/c1-2-3-4-5-6-8-11-14-17(19)15-12-9-7-10-13-16-18(20)21/h3-4,6,8,11,14,17,19H,2,5,7,9-10,12-13,15-16H2,1H3,(H,20,21)/b4-3+,8-6+,14-11+/t17-/m0/s1. The van der Waals surface area contributed by atoms with Crippen LogP contribution in [0, 0.1) is 0 Å². The van der Waals surface area contributed by atoms with Crippen LogP contribution >= 0.6 is 0 Å². The number of hydrogen-bond donors (Lipinski definition) is 2. The molecule has 0 amide bonds. The van der Waals surface area contributed by atoms with Gasteiger partial charge in [-0.1, -0.05) is 69.1 Å². The smallest absolute Gasteiger partial charge is 0.303 e. The molecule has 0 heterocycles. The van der Waals surface area contributed by atoms with E-state index in [0.717, 1.165) is 51.4 Å². The molecule has 0 spiro atoms. The summed E-state index contributed by atoms with van der Waals surface area (Å²) in [4.78, 5) is 10.3. The average Bonchev–Trinajstić information content (AvgIpc) is 2.45. The number of rotatable bonds is 13. The van der Waals surface area contributed by atoms with Gasteiger partial charge in [-0.05, 0) is 25.7 Å². The molecule has 3 heteroatoms. The zero-order valence-electron chi connectivity index (χ0n) is 13.2. The van der Waals surface area contributed by atoms with Crippen molar-refractivity contribution in [3.63, 3.8) is 0 Å². The molecule has 0 aromatic carbocycles. The fourth-order valence-corrected chi connectivity index (χ4v) is 1.95. The van der Waals surface area contributed by atoms with Crippen molar-refractivity contribution in [1.82, 2.24) is 0 Å². The Morgan fingerprint density at radius 2 is 1.71 bits per heavy atom. The number of hydrogen-bond acceptors (Lipinski definition) is 2. The van der Waals surface area contributed by atoms with E-state index in [2.05, 4.69) is 25.2 Å². The van der Waals surface area contributed by atoms with Crippen molar-refractivity contribution >= 4 is 5.97 Å². The summed E-state index contributed by atoms with van der Waals surface area (Å²) in [6, 6.07) is 0. The summed E-state index contributed by atoms with van der Waals surface area (Å²) in [5.74, 6) is -0.714. The van der Waals surface area contributed by atoms with Crippen molar-refractivity contribution in [3.05, 3.63) is 36.5 Å². The quantitative estimate of drug-likeness (QED) is 0.296. The maximum atomic E-state index is 10.3. The van der Waals surface area contributed by atoms with Crippen LogP contribution in [0.25, 0.3) is 0 Å². The highest BCUT2D eigenvalue weighted by atomic mass is 16.4. The normalized spacial score (nSPS) is 13.6. The molecule has 0 aliphatic carbocycles. The highest BCUT2D eigenvalue weighted by Crippen LogP contribution is 2.09. The Morgan fingerprint density at radius 3 is 2.43 bits per heavy atom. The minimum absolute atomic E-state index is 0.269. The van der Waals surface area contributed by atoms with Gasteiger partial charge in [-0.15, -0.1) is 0 Å². The summed E-state index contributed by atoms with van der Waals surface area (Å²) in [5.41, 5.74) is 0. The van der Waals surface area contributed by atoms with Crippen LogP contribution in [0.1, 0.15) is 64.7 Å². The third kappa shape index (κ3) is 16.6. The fraction of sp³-hybridized carbons (Fsp3) is 0.611. The molecule has 0 bridgehead atoms. The minimum Gasteiger partial charge on any atom is -0.481 e. The molecular weight excluding hydrogens is 264 g/mol. The third-order valence-corrected chi connectivity index (χ3v) is 3.15. The number of aliphatic carboxylic acids is 1. The molecule has 2 N–H and O–H groups in total. The first-order chi connectivity index (χ1) is 10.2. The highest BCUT2D eigenvalue weighted by Gasteiger charge is 1.99. The van der Waals surface area contributed by atoms with Gasteiger partial charge < -0.3 is 10.2 Å². The molecule has 0 saturated carbocycles. The number of unbranched alkanes of at least 4 members (excludes halogenated alkanes) is 4. The molecule has 0 unspecified atom stereocenters. The summed E-state index contributed by atoms with van der Waals surface area (Å²) < 4.78 is 0. The van der Waals surface area contributed by atoms with Gasteiger partial charge in [0.2, 0.25) is 0 Å². The Labute approximate surface area is 129 Å². The topological polar surface area (TPSA) is 57.5 Å². The zero-order chi connectivity index (χ0) is 15.8. The van der Waals surface area contributed by atoms with E-state index in [0.29, 0.717) is 0 Å². The lowest BCUT2D eigenvalue weighted by Crippen LogP contribution is -2.01. The van der Waals surface area contributed by atoms with Crippen LogP contribution in [0.5, 0.6) is 0 Å². The predicted octanol–water partition coefficient (Wildman–Crippen LogP) is 4.63. The van der Waals surface area contributed by atoms with E-state index in [4.69, 9.17) is 5.11 Å². The molecule has 0 fully saturated rings. The van der Waals surface area contributed by atoms with E-state index in [-0.39, 0.29) is 12.5 Å². The molecule has 3 nitrogen and oxygen atoms in total. The monoisotopic (exact) mass is 294 g/mol. The maximum Gasteiger partial charge on any atom is 0.303 e. The Hall–Kier alpha value is -1.35. The second-order valence-corrected chi connectivity index (χ2v) is 5.20. The van der Waals surface area contributed by atoms with Gasteiger partial charge in [0, 0.05) is 6.42 Å². The Balaban J connectivity index is 3.46. The van der Waals surface area contributed by atoms with Crippen LogP contribution in [0.2, 0.25) is 0 Å². The van der Waals surface area contributed by atoms with Gasteiger partial charge in [-0.2, -0.15) is 0 Å². The number of aliphatic hydroxyl groups excluding tert-OH is 1. The van der Waals surface area contributed by atoms with E-state index < -0.39 is 5.97 Å². The Kier molecular flexibility index (Phi) is 14.1. The Morgan fingerprint density at radius 1 is 1.00 bits per heavy atom. The SMILES string of the molecule is CC/C=C/C/C=C/C=C/[C@H](O)CCCCCCCC(=O)O. The Bertz CT molecular complexity index is 329. The van der Waals surface area contributed by atoms with Crippen LogP contribution < -0.4 is 0 Å².